The number of hydrogen-bond acceptors (Lipinski definition) is 3. The maximum absolute atomic E-state index is 12.1. The molecule has 1 aliphatic rings. The number of nitrogens with zero attached hydrogens (tertiary/aromatic N) is 1. The van der Waals surface area contributed by atoms with E-state index < -0.39 is 10.2 Å². The average Bonchev–Trinajstić information content (AvgIpc) is 2.25. The van der Waals surface area contributed by atoms with E-state index in [4.69, 9.17) is 5.73 Å². The van der Waals surface area contributed by atoms with Crippen molar-refractivity contribution in [3.05, 3.63) is 0 Å². The number of piperidine rings is 1. The standard InChI is InChI=1S/C13H29N3O2S/c1-11-5-7-16(8-6-11)19(17,18)15-10-12(14)9-13(2,3)4/h11-12,15H,5-10,14H2,1-4H3. The number of nitrogens with two attached hydrogens (primary N) is 1. The summed E-state index contributed by atoms with van der Waals surface area (Å²) in [5.41, 5.74) is 6.09. The summed E-state index contributed by atoms with van der Waals surface area (Å²) < 4.78 is 28.4. The van der Waals surface area contributed by atoms with Gasteiger partial charge in [-0.3, -0.25) is 0 Å². The van der Waals surface area contributed by atoms with E-state index in [9.17, 15) is 8.42 Å². The van der Waals surface area contributed by atoms with Gasteiger partial charge in [-0.15, -0.1) is 0 Å². The molecular formula is C13H29N3O2S. The molecule has 0 aromatic rings. The molecule has 114 valence electrons. The first kappa shape index (κ1) is 16.9. The molecule has 3 N–H and O–H groups in total. The zero-order valence-electron chi connectivity index (χ0n) is 12.6. The van der Waals surface area contributed by atoms with E-state index in [0.717, 1.165) is 19.3 Å². The van der Waals surface area contributed by atoms with Gasteiger partial charge in [-0.1, -0.05) is 27.7 Å². The highest BCUT2D eigenvalue weighted by molar-refractivity contribution is 7.87. The first-order valence-corrected chi connectivity index (χ1v) is 8.54. The van der Waals surface area contributed by atoms with Gasteiger partial charge < -0.3 is 5.73 Å². The van der Waals surface area contributed by atoms with Crippen LogP contribution in [-0.4, -0.2) is 38.4 Å². The molecule has 0 bridgehead atoms. The second kappa shape index (κ2) is 6.52. The van der Waals surface area contributed by atoms with Gasteiger partial charge >= 0.3 is 0 Å². The van der Waals surface area contributed by atoms with Crippen LogP contribution in [0.2, 0.25) is 0 Å². The molecule has 0 aliphatic carbocycles. The summed E-state index contributed by atoms with van der Waals surface area (Å²) in [4.78, 5) is 0. The fraction of sp³-hybridized carbons (Fsp3) is 1.00. The van der Waals surface area contributed by atoms with Crippen molar-refractivity contribution in [1.29, 1.82) is 0 Å². The van der Waals surface area contributed by atoms with Crippen molar-refractivity contribution in [3.8, 4) is 0 Å². The first-order chi connectivity index (χ1) is 8.60. The largest absolute Gasteiger partial charge is 0.326 e. The summed E-state index contributed by atoms with van der Waals surface area (Å²) in [6, 6.07) is -0.140. The molecule has 1 atom stereocenters. The van der Waals surface area contributed by atoms with E-state index in [1.165, 1.54) is 4.31 Å². The van der Waals surface area contributed by atoms with Crippen LogP contribution in [0.15, 0.2) is 0 Å². The van der Waals surface area contributed by atoms with Crippen LogP contribution in [0.4, 0.5) is 0 Å². The minimum Gasteiger partial charge on any atom is -0.326 e. The van der Waals surface area contributed by atoms with Crippen LogP contribution in [0, 0.1) is 11.3 Å². The van der Waals surface area contributed by atoms with Gasteiger partial charge in [0.15, 0.2) is 0 Å². The third-order valence-corrected chi connectivity index (χ3v) is 5.06. The summed E-state index contributed by atoms with van der Waals surface area (Å²) in [5.74, 6) is 0.620. The SMILES string of the molecule is CC1CCN(S(=O)(=O)NCC(N)CC(C)(C)C)CC1. The molecule has 0 spiro atoms. The van der Waals surface area contributed by atoms with E-state index in [1.807, 2.05) is 0 Å². The molecule has 1 aliphatic heterocycles. The maximum atomic E-state index is 12.1. The predicted octanol–water partition coefficient (Wildman–Crippen LogP) is 1.32. The Balaban J connectivity index is 2.43. The molecule has 1 saturated heterocycles. The van der Waals surface area contributed by atoms with Gasteiger partial charge in [-0.2, -0.15) is 12.7 Å². The monoisotopic (exact) mass is 291 g/mol. The second-order valence-electron chi connectivity index (χ2n) is 6.96. The van der Waals surface area contributed by atoms with E-state index in [-0.39, 0.29) is 11.5 Å². The zero-order valence-corrected chi connectivity index (χ0v) is 13.5. The van der Waals surface area contributed by atoms with Gasteiger partial charge in [0.05, 0.1) is 0 Å². The van der Waals surface area contributed by atoms with Gasteiger partial charge in [0.2, 0.25) is 0 Å². The van der Waals surface area contributed by atoms with Crippen molar-refractivity contribution in [3.63, 3.8) is 0 Å². The molecule has 6 heteroatoms. The molecule has 0 amide bonds. The highest BCUT2D eigenvalue weighted by atomic mass is 32.2. The van der Waals surface area contributed by atoms with Crippen LogP contribution < -0.4 is 10.5 Å². The Hall–Kier alpha value is -0.170. The minimum atomic E-state index is -3.35. The molecule has 1 unspecified atom stereocenters. The Bertz CT molecular complexity index is 368. The van der Waals surface area contributed by atoms with Gasteiger partial charge in [0.1, 0.15) is 0 Å². The minimum absolute atomic E-state index is 0.116. The summed E-state index contributed by atoms with van der Waals surface area (Å²) in [6.07, 6.45) is 2.68. The fourth-order valence-corrected chi connectivity index (χ4v) is 3.69. The van der Waals surface area contributed by atoms with Gasteiger partial charge in [0.25, 0.3) is 10.2 Å². The molecular weight excluding hydrogens is 262 g/mol. The third-order valence-electron chi connectivity index (χ3n) is 3.49. The van der Waals surface area contributed by atoms with E-state index >= 15 is 0 Å². The van der Waals surface area contributed by atoms with Gasteiger partial charge in [-0.05, 0) is 30.6 Å². The Kier molecular flexibility index (Phi) is 5.79. The van der Waals surface area contributed by atoms with E-state index in [0.29, 0.717) is 25.6 Å². The number of nitrogens with one attached hydrogen (secondary N) is 1. The number of rotatable bonds is 5. The molecule has 1 fully saturated rings. The predicted molar refractivity (Wildman–Crippen MR) is 78.9 cm³/mol. The van der Waals surface area contributed by atoms with Crippen LogP contribution in [0.25, 0.3) is 0 Å². The first-order valence-electron chi connectivity index (χ1n) is 7.10. The van der Waals surface area contributed by atoms with Crippen LogP contribution in [0.5, 0.6) is 0 Å². The Morgan fingerprint density at radius 1 is 1.32 bits per heavy atom. The molecule has 19 heavy (non-hydrogen) atoms. The van der Waals surface area contributed by atoms with Crippen LogP contribution in [0.1, 0.15) is 47.0 Å². The second-order valence-corrected chi connectivity index (χ2v) is 8.72. The third kappa shape index (κ3) is 6.21. The Labute approximate surface area is 118 Å². The van der Waals surface area contributed by atoms with Crippen LogP contribution >= 0.6 is 0 Å². The van der Waals surface area contributed by atoms with Crippen molar-refractivity contribution in [2.75, 3.05) is 19.6 Å². The van der Waals surface area contributed by atoms with Crippen molar-refractivity contribution in [1.82, 2.24) is 9.03 Å². The smallest absolute Gasteiger partial charge is 0.279 e. The summed E-state index contributed by atoms with van der Waals surface area (Å²) in [6.45, 7) is 10.0. The summed E-state index contributed by atoms with van der Waals surface area (Å²) >= 11 is 0. The van der Waals surface area contributed by atoms with E-state index in [1.54, 1.807) is 0 Å². The Morgan fingerprint density at radius 3 is 2.32 bits per heavy atom. The molecule has 1 rings (SSSR count). The lowest BCUT2D eigenvalue weighted by molar-refractivity contribution is 0.283. The van der Waals surface area contributed by atoms with Crippen molar-refractivity contribution in [2.24, 2.45) is 17.1 Å². The van der Waals surface area contributed by atoms with Gasteiger partial charge in [0, 0.05) is 25.7 Å². The van der Waals surface area contributed by atoms with Crippen molar-refractivity contribution >= 4 is 10.2 Å². The van der Waals surface area contributed by atoms with Crippen LogP contribution in [-0.2, 0) is 10.2 Å². The fourth-order valence-electron chi connectivity index (χ4n) is 2.39. The molecule has 1 heterocycles. The lowest BCUT2D eigenvalue weighted by Crippen LogP contribution is -2.48. The molecule has 0 aromatic carbocycles. The lowest BCUT2D eigenvalue weighted by Gasteiger charge is -2.30. The molecule has 0 saturated carbocycles. The average molecular weight is 291 g/mol. The van der Waals surface area contributed by atoms with Crippen molar-refractivity contribution in [2.45, 2.75) is 53.0 Å². The Morgan fingerprint density at radius 2 is 1.84 bits per heavy atom. The lowest BCUT2D eigenvalue weighted by atomic mass is 9.88. The highest BCUT2D eigenvalue weighted by Gasteiger charge is 2.26. The van der Waals surface area contributed by atoms with E-state index in [2.05, 4.69) is 32.4 Å². The summed E-state index contributed by atoms with van der Waals surface area (Å²) in [5, 5.41) is 0. The number of hydrogen-bond donors (Lipinski definition) is 2. The quantitative estimate of drug-likeness (QED) is 0.802. The van der Waals surface area contributed by atoms with Crippen molar-refractivity contribution < 1.29 is 8.42 Å². The molecule has 0 aromatic heterocycles. The normalized spacial score (nSPS) is 21.5. The molecule has 5 nitrogen and oxygen atoms in total. The maximum Gasteiger partial charge on any atom is 0.279 e. The zero-order chi connectivity index (χ0) is 14.7. The summed E-state index contributed by atoms with van der Waals surface area (Å²) in [7, 11) is -3.35. The van der Waals surface area contributed by atoms with Crippen LogP contribution in [0.3, 0.4) is 0 Å². The topological polar surface area (TPSA) is 75.4 Å². The highest BCUT2D eigenvalue weighted by Crippen LogP contribution is 2.20. The van der Waals surface area contributed by atoms with Gasteiger partial charge in [-0.25, -0.2) is 4.72 Å². The molecule has 0 radical (unpaired) electrons.